The third-order valence-corrected chi connectivity index (χ3v) is 8.36. The van der Waals surface area contributed by atoms with Crippen LogP contribution < -0.4 is 5.76 Å². The molecule has 4 rings (SSSR count). The summed E-state index contributed by atoms with van der Waals surface area (Å²) >= 11 is 0. The van der Waals surface area contributed by atoms with Gasteiger partial charge in [-0.3, -0.25) is 9.36 Å². The number of benzene rings is 2. The number of oxazole rings is 1. The van der Waals surface area contributed by atoms with Crippen molar-refractivity contribution in [2.45, 2.75) is 50.6 Å². The van der Waals surface area contributed by atoms with Crippen LogP contribution >= 0.6 is 0 Å². The largest absolute Gasteiger partial charge is 0.420 e. The number of hydrogen-bond acceptors (Lipinski definition) is 5. The second-order valence-corrected chi connectivity index (χ2v) is 11.2. The highest BCUT2D eigenvalue weighted by molar-refractivity contribution is 7.89. The number of carbonyl (C=O) groups is 1. The predicted molar refractivity (Wildman–Crippen MR) is 130 cm³/mol. The summed E-state index contributed by atoms with van der Waals surface area (Å²) in [4.78, 5) is 26.6. The molecule has 0 atom stereocenters. The van der Waals surface area contributed by atoms with E-state index in [9.17, 15) is 18.0 Å². The minimum absolute atomic E-state index is 0.0697. The molecule has 1 fully saturated rings. The number of hydrogen-bond donors (Lipinski definition) is 0. The van der Waals surface area contributed by atoms with E-state index >= 15 is 0 Å². The van der Waals surface area contributed by atoms with Gasteiger partial charge < -0.3 is 9.32 Å². The highest BCUT2D eigenvalue weighted by Crippen LogP contribution is 2.28. The molecule has 0 spiro atoms. The number of piperidine rings is 1. The van der Waals surface area contributed by atoms with Crippen LogP contribution in [0.1, 0.15) is 44.7 Å². The fourth-order valence-electron chi connectivity index (χ4n) is 4.52. The second kappa shape index (κ2) is 9.76. The van der Waals surface area contributed by atoms with Crippen LogP contribution in [-0.4, -0.2) is 48.2 Å². The Morgan fingerprint density at radius 3 is 2.44 bits per heavy atom. The van der Waals surface area contributed by atoms with Crippen molar-refractivity contribution in [3.63, 3.8) is 0 Å². The lowest BCUT2D eigenvalue weighted by Gasteiger charge is -2.31. The van der Waals surface area contributed by atoms with Crippen LogP contribution in [-0.2, 0) is 21.4 Å². The Morgan fingerprint density at radius 2 is 1.79 bits per heavy atom. The van der Waals surface area contributed by atoms with Crippen LogP contribution in [0.25, 0.3) is 11.1 Å². The quantitative estimate of drug-likeness (QED) is 0.510. The van der Waals surface area contributed by atoms with Crippen molar-refractivity contribution < 1.29 is 17.6 Å². The second-order valence-electron chi connectivity index (χ2n) is 9.25. The van der Waals surface area contributed by atoms with E-state index in [2.05, 4.69) is 0 Å². The fourth-order valence-corrected chi connectivity index (χ4v) is 6.00. The maximum Gasteiger partial charge on any atom is 0.420 e. The molecule has 8 nitrogen and oxygen atoms in total. The number of nitrogens with zero attached hydrogens (tertiary/aromatic N) is 3. The van der Waals surface area contributed by atoms with Gasteiger partial charge in [-0.05, 0) is 50.3 Å². The normalized spacial score (nSPS) is 15.8. The Kier molecular flexibility index (Phi) is 6.95. The highest BCUT2D eigenvalue weighted by atomic mass is 32.2. The van der Waals surface area contributed by atoms with E-state index in [1.54, 1.807) is 18.0 Å². The van der Waals surface area contributed by atoms with Crippen molar-refractivity contribution >= 4 is 27.0 Å². The summed E-state index contributed by atoms with van der Waals surface area (Å²) < 4.78 is 34.7. The standard InChI is InChI=1S/C25H31N3O5S/c1-18(2)28-22-10-9-21(16-23(22)33-25(28)30)34(31,32)27-13-11-19(12-14-27)15-24(29)26(3)17-20-7-5-4-6-8-20/h4-10,16,18-19H,11-15,17H2,1-3H3. The van der Waals surface area contributed by atoms with Crippen molar-refractivity contribution in [3.8, 4) is 0 Å². The van der Waals surface area contributed by atoms with Gasteiger partial charge in [-0.1, -0.05) is 30.3 Å². The van der Waals surface area contributed by atoms with E-state index < -0.39 is 15.8 Å². The topological polar surface area (TPSA) is 92.8 Å². The van der Waals surface area contributed by atoms with Crippen molar-refractivity contribution in [2.75, 3.05) is 20.1 Å². The zero-order chi connectivity index (χ0) is 24.5. The summed E-state index contributed by atoms with van der Waals surface area (Å²) in [5, 5.41) is 0. The highest BCUT2D eigenvalue weighted by Gasteiger charge is 2.31. The lowest BCUT2D eigenvalue weighted by Crippen LogP contribution is -2.39. The van der Waals surface area contributed by atoms with E-state index in [0.29, 0.717) is 44.4 Å². The molecule has 34 heavy (non-hydrogen) atoms. The van der Waals surface area contributed by atoms with Crippen molar-refractivity contribution in [2.24, 2.45) is 5.92 Å². The first kappa shape index (κ1) is 24.2. The molecule has 1 aromatic heterocycles. The molecular formula is C25H31N3O5S. The zero-order valence-corrected chi connectivity index (χ0v) is 20.6. The molecule has 182 valence electrons. The Balaban J connectivity index is 1.38. The smallest absolute Gasteiger partial charge is 0.408 e. The van der Waals surface area contributed by atoms with Gasteiger partial charge in [-0.2, -0.15) is 4.31 Å². The van der Waals surface area contributed by atoms with Gasteiger partial charge in [0.15, 0.2) is 5.58 Å². The molecule has 2 aromatic carbocycles. The van der Waals surface area contributed by atoms with E-state index in [4.69, 9.17) is 4.42 Å². The molecule has 1 aliphatic rings. The summed E-state index contributed by atoms with van der Waals surface area (Å²) in [6.45, 7) is 5.02. The first-order chi connectivity index (χ1) is 16.2. The van der Waals surface area contributed by atoms with Crippen LogP contribution in [0.4, 0.5) is 0 Å². The van der Waals surface area contributed by atoms with Gasteiger partial charge in [0.2, 0.25) is 15.9 Å². The van der Waals surface area contributed by atoms with E-state index in [1.165, 1.54) is 21.0 Å². The van der Waals surface area contributed by atoms with Gasteiger partial charge in [-0.15, -0.1) is 0 Å². The van der Waals surface area contributed by atoms with Crippen LogP contribution in [0.5, 0.6) is 0 Å². The summed E-state index contributed by atoms with van der Waals surface area (Å²) in [5.74, 6) is -0.277. The van der Waals surface area contributed by atoms with Crippen molar-refractivity contribution in [1.29, 1.82) is 0 Å². The Hall–Kier alpha value is -2.91. The number of rotatable bonds is 7. The summed E-state index contributed by atoms with van der Waals surface area (Å²) in [6, 6.07) is 14.3. The first-order valence-electron chi connectivity index (χ1n) is 11.6. The fraction of sp³-hybridized carbons (Fsp3) is 0.440. The molecule has 1 aliphatic heterocycles. The Morgan fingerprint density at radius 1 is 1.12 bits per heavy atom. The van der Waals surface area contributed by atoms with Crippen LogP contribution in [0.3, 0.4) is 0 Å². The average Bonchev–Trinajstić information content (AvgIpc) is 3.15. The molecule has 1 amide bonds. The molecule has 0 unspecified atom stereocenters. The molecule has 0 radical (unpaired) electrons. The Labute approximate surface area is 199 Å². The Bertz CT molecular complexity index is 1320. The van der Waals surface area contributed by atoms with Crippen LogP contribution in [0.2, 0.25) is 0 Å². The lowest BCUT2D eigenvalue weighted by atomic mass is 9.94. The van der Waals surface area contributed by atoms with Crippen molar-refractivity contribution in [1.82, 2.24) is 13.8 Å². The molecule has 0 bridgehead atoms. The van der Waals surface area contributed by atoms with Gasteiger partial charge in [0, 0.05) is 45.2 Å². The van der Waals surface area contributed by atoms with Gasteiger partial charge in [-0.25, -0.2) is 13.2 Å². The van der Waals surface area contributed by atoms with E-state index in [-0.39, 0.29) is 28.3 Å². The number of fused-ring (bicyclic) bond motifs is 1. The predicted octanol–water partition coefficient (Wildman–Crippen LogP) is 3.62. The number of aromatic nitrogens is 1. The third kappa shape index (κ3) is 4.95. The molecular weight excluding hydrogens is 454 g/mol. The van der Waals surface area contributed by atoms with E-state index in [0.717, 1.165) is 5.56 Å². The van der Waals surface area contributed by atoms with Gasteiger partial charge >= 0.3 is 5.76 Å². The number of sulfonamides is 1. The molecule has 1 saturated heterocycles. The average molecular weight is 486 g/mol. The van der Waals surface area contributed by atoms with Crippen molar-refractivity contribution in [3.05, 3.63) is 64.6 Å². The van der Waals surface area contributed by atoms with Gasteiger partial charge in [0.1, 0.15) is 0 Å². The maximum absolute atomic E-state index is 13.2. The first-order valence-corrected chi connectivity index (χ1v) is 13.0. The minimum Gasteiger partial charge on any atom is -0.408 e. The molecule has 3 aromatic rings. The molecule has 0 N–H and O–H groups in total. The molecule has 2 heterocycles. The SMILES string of the molecule is CC(C)n1c(=O)oc2cc(S(=O)(=O)N3CCC(CC(=O)N(C)Cc4ccccc4)CC3)ccc21. The number of amides is 1. The summed E-state index contributed by atoms with van der Waals surface area (Å²) in [5.41, 5.74) is 1.92. The molecule has 9 heteroatoms. The minimum atomic E-state index is -3.72. The van der Waals surface area contributed by atoms with Crippen LogP contribution in [0, 0.1) is 5.92 Å². The molecule has 0 saturated carbocycles. The monoisotopic (exact) mass is 485 g/mol. The molecule has 0 aliphatic carbocycles. The van der Waals surface area contributed by atoms with Gasteiger partial charge in [0.05, 0.1) is 10.4 Å². The van der Waals surface area contributed by atoms with E-state index in [1.807, 2.05) is 44.2 Å². The zero-order valence-electron chi connectivity index (χ0n) is 19.8. The third-order valence-electron chi connectivity index (χ3n) is 6.46. The lowest BCUT2D eigenvalue weighted by molar-refractivity contribution is -0.131. The summed E-state index contributed by atoms with van der Waals surface area (Å²) in [7, 11) is -1.92. The summed E-state index contributed by atoms with van der Waals surface area (Å²) in [6.07, 6.45) is 1.67. The number of carbonyl (C=O) groups excluding carboxylic acids is 1. The van der Waals surface area contributed by atoms with Gasteiger partial charge in [0.25, 0.3) is 0 Å². The van der Waals surface area contributed by atoms with Crippen LogP contribution in [0.15, 0.2) is 62.6 Å². The maximum atomic E-state index is 13.2.